The highest BCUT2D eigenvalue weighted by Crippen LogP contribution is 2.12. The maximum Gasteiger partial charge on any atom is 0.197 e. The summed E-state index contributed by atoms with van der Waals surface area (Å²) in [7, 11) is 0. The number of anilines is 1. The van der Waals surface area contributed by atoms with Crippen molar-refractivity contribution in [1.82, 2.24) is 9.97 Å². The molecule has 0 unspecified atom stereocenters. The maximum atomic E-state index is 12.8. The van der Waals surface area contributed by atoms with Crippen LogP contribution in [0.3, 0.4) is 0 Å². The molecule has 2 rings (SSSR count). The summed E-state index contributed by atoms with van der Waals surface area (Å²) in [5, 5.41) is 0. The van der Waals surface area contributed by atoms with Crippen molar-refractivity contribution in [3.8, 4) is 5.75 Å². The van der Waals surface area contributed by atoms with Crippen molar-refractivity contribution < 1.29 is 9.13 Å². The van der Waals surface area contributed by atoms with E-state index >= 15 is 0 Å². The molecule has 16 heavy (non-hydrogen) atoms. The van der Waals surface area contributed by atoms with Crippen molar-refractivity contribution >= 4 is 5.95 Å². The Morgan fingerprint density at radius 1 is 1.44 bits per heavy atom. The zero-order valence-corrected chi connectivity index (χ0v) is 8.61. The van der Waals surface area contributed by atoms with Gasteiger partial charge in [0, 0.05) is 18.2 Å². The molecule has 0 radical (unpaired) electrons. The van der Waals surface area contributed by atoms with Crippen LogP contribution in [0.25, 0.3) is 0 Å². The Balaban J connectivity index is 1.84. The van der Waals surface area contributed by atoms with Crippen LogP contribution < -0.4 is 10.5 Å². The Labute approximate surface area is 92.3 Å². The first kappa shape index (κ1) is 10.5. The van der Waals surface area contributed by atoms with Crippen molar-refractivity contribution in [2.45, 2.75) is 6.42 Å². The lowest BCUT2D eigenvalue weighted by molar-refractivity contribution is 0.319. The van der Waals surface area contributed by atoms with Gasteiger partial charge < -0.3 is 15.5 Å². The predicted molar refractivity (Wildman–Crippen MR) is 58.6 cm³/mol. The van der Waals surface area contributed by atoms with Crippen molar-refractivity contribution in [2.24, 2.45) is 0 Å². The van der Waals surface area contributed by atoms with Crippen LogP contribution in [0.5, 0.6) is 5.75 Å². The van der Waals surface area contributed by atoms with Crippen LogP contribution >= 0.6 is 0 Å². The average molecular weight is 221 g/mol. The molecular formula is C11H12FN3O. The molecule has 0 bridgehead atoms. The fourth-order valence-corrected chi connectivity index (χ4v) is 1.34. The summed E-state index contributed by atoms with van der Waals surface area (Å²) in [6, 6.07) is 6.05. The third kappa shape index (κ3) is 2.73. The SMILES string of the molecule is Nc1ncc(CCOc2cccc(F)c2)[nH]1. The summed E-state index contributed by atoms with van der Waals surface area (Å²) < 4.78 is 18.2. The maximum absolute atomic E-state index is 12.8. The number of H-pyrrole nitrogens is 1. The third-order valence-electron chi connectivity index (χ3n) is 2.08. The van der Waals surface area contributed by atoms with E-state index in [9.17, 15) is 4.39 Å². The molecule has 0 aliphatic heterocycles. The Hall–Kier alpha value is -2.04. The van der Waals surface area contributed by atoms with Crippen LogP contribution in [0.1, 0.15) is 5.69 Å². The first-order chi connectivity index (χ1) is 7.74. The van der Waals surface area contributed by atoms with Crippen LogP contribution in [0.2, 0.25) is 0 Å². The number of nitrogen functional groups attached to an aromatic ring is 1. The zero-order chi connectivity index (χ0) is 11.4. The van der Waals surface area contributed by atoms with E-state index in [1.54, 1.807) is 18.3 Å². The molecule has 84 valence electrons. The number of aromatic amines is 1. The molecule has 0 fully saturated rings. The quantitative estimate of drug-likeness (QED) is 0.826. The van der Waals surface area contributed by atoms with E-state index in [1.807, 2.05) is 0 Å². The minimum atomic E-state index is -0.303. The Morgan fingerprint density at radius 3 is 3.00 bits per heavy atom. The number of rotatable bonds is 4. The number of halogens is 1. The number of nitrogens with two attached hydrogens (primary N) is 1. The van der Waals surface area contributed by atoms with Gasteiger partial charge in [0.15, 0.2) is 5.95 Å². The standard InChI is InChI=1S/C11H12FN3O/c12-8-2-1-3-10(6-8)16-5-4-9-7-14-11(13)15-9/h1-3,6-7H,4-5H2,(H3,13,14,15). The lowest BCUT2D eigenvalue weighted by atomic mass is 10.3. The summed E-state index contributed by atoms with van der Waals surface area (Å²) in [6.07, 6.45) is 2.31. The highest BCUT2D eigenvalue weighted by molar-refractivity contribution is 5.22. The van der Waals surface area contributed by atoms with Crippen molar-refractivity contribution in [1.29, 1.82) is 0 Å². The monoisotopic (exact) mass is 221 g/mol. The van der Waals surface area contributed by atoms with Crippen molar-refractivity contribution in [3.05, 3.63) is 42.0 Å². The molecule has 0 amide bonds. The molecule has 5 heteroatoms. The van der Waals surface area contributed by atoms with E-state index in [1.165, 1.54) is 12.1 Å². The number of hydrogen-bond acceptors (Lipinski definition) is 3. The lowest BCUT2D eigenvalue weighted by Gasteiger charge is -2.04. The largest absolute Gasteiger partial charge is 0.493 e. The summed E-state index contributed by atoms with van der Waals surface area (Å²) in [4.78, 5) is 6.75. The lowest BCUT2D eigenvalue weighted by Crippen LogP contribution is -2.01. The van der Waals surface area contributed by atoms with E-state index in [0.29, 0.717) is 24.7 Å². The van der Waals surface area contributed by atoms with E-state index in [0.717, 1.165) is 5.69 Å². The molecule has 3 N–H and O–H groups in total. The molecular weight excluding hydrogens is 209 g/mol. The highest BCUT2D eigenvalue weighted by atomic mass is 19.1. The molecule has 0 saturated carbocycles. The van der Waals surface area contributed by atoms with Crippen LogP contribution in [0, 0.1) is 5.82 Å². The number of aromatic nitrogens is 2. The Bertz CT molecular complexity index is 470. The smallest absolute Gasteiger partial charge is 0.197 e. The van der Waals surface area contributed by atoms with Crippen LogP contribution in [0.4, 0.5) is 10.3 Å². The molecule has 4 nitrogen and oxygen atoms in total. The van der Waals surface area contributed by atoms with Gasteiger partial charge in [0.25, 0.3) is 0 Å². The van der Waals surface area contributed by atoms with E-state index in [4.69, 9.17) is 10.5 Å². The molecule has 1 aromatic heterocycles. The minimum Gasteiger partial charge on any atom is -0.493 e. The Kier molecular flexibility index (Phi) is 3.05. The number of nitrogens with zero attached hydrogens (tertiary/aromatic N) is 1. The van der Waals surface area contributed by atoms with Crippen molar-refractivity contribution in [2.75, 3.05) is 12.3 Å². The highest BCUT2D eigenvalue weighted by Gasteiger charge is 1.99. The number of benzene rings is 1. The summed E-state index contributed by atoms with van der Waals surface area (Å²) in [6.45, 7) is 0.449. The fourth-order valence-electron chi connectivity index (χ4n) is 1.34. The number of imidazole rings is 1. The average Bonchev–Trinajstić information content (AvgIpc) is 2.64. The van der Waals surface area contributed by atoms with Crippen LogP contribution in [-0.4, -0.2) is 16.6 Å². The third-order valence-corrected chi connectivity index (χ3v) is 2.08. The molecule has 1 aromatic carbocycles. The molecule has 1 heterocycles. The molecule has 0 aliphatic carbocycles. The normalized spacial score (nSPS) is 10.3. The van der Waals surface area contributed by atoms with Crippen LogP contribution in [0.15, 0.2) is 30.5 Å². The fraction of sp³-hybridized carbons (Fsp3) is 0.182. The van der Waals surface area contributed by atoms with Gasteiger partial charge in [-0.3, -0.25) is 0 Å². The van der Waals surface area contributed by atoms with Gasteiger partial charge in [-0.05, 0) is 12.1 Å². The molecule has 0 spiro atoms. The Morgan fingerprint density at radius 2 is 2.31 bits per heavy atom. The zero-order valence-electron chi connectivity index (χ0n) is 8.61. The van der Waals surface area contributed by atoms with Crippen molar-refractivity contribution in [3.63, 3.8) is 0 Å². The van der Waals surface area contributed by atoms with Crippen LogP contribution in [-0.2, 0) is 6.42 Å². The predicted octanol–water partition coefficient (Wildman–Crippen LogP) is 1.75. The van der Waals surface area contributed by atoms with Gasteiger partial charge in [0.2, 0.25) is 0 Å². The molecule has 0 atom stereocenters. The van der Waals surface area contributed by atoms with Gasteiger partial charge >= 0.3 is 0 Å². The number of hydrogen-bond donors (Lipinski definition) is 2. The van der Waals surface area contributed by atoms with Gasteiger partial charge in [-0.15, -0.1) is 0 Å². The van der Waals surface area contributed by atoms with Gasteiger partial charge in [0.1, 0.15) is 11.6 Å². The van der Waals surface area contributed by atoms with Gasteiger partial charge in [0.05, 0.1) is 12.8 Å². The van der Waals surface area contributed by atoms with E-state index < -0.39 is 0 Å². The second kappa shape index (κ2) is 4.65. The first-order valence-electron chi connectivity index (χ1n) is 4.92. The number of ether oxygens (including phenoxy) is 1. The van der Waals surface area contributed by atoms with E-state index in [2.05, 4.69) is 9.97 Å². The molecule has 2 aromatic rings. The van der Waals surface area contributed by atoms with Gasteiger partial charge in [-0.1, -0.05) is 6.07 Å². The molecule has 0 aliphatic rings. The van der Waals surface area contributed by atoms with E-state index in [-0.39, 0.29) is 5.82 Å². The van der Waals surface area contributed by atoms with Gasteiger partial charge in [-0.2, -0.15) is 0 Å². The summed E-state index contributed by atoms with van der Waals surface area (Å²) in [5.74, 6) is 0.608. The molecule has 0 saturated heterocycles. The minimum absolute atomic E-state index is 0.303. The second-order valence-corrected chi connectivity index (χ2v) is 3.35. The first-order valence-corrected chi connectivity index (χ1v) is 4.92. The summed E-state index contributed by atoms with van der Waals surface area (Å²) >= 11 is 0. The second-order valence-electron chi connectivity index (χ2n) is 3.35. The van der Waals surface area contributed by atoms with Gasteiger partial charge in [-0.25, -0.2) is 9.37 Å². The number of nitrogens with one attached hydrogen (secondary N) is 1. The topological polar surface area (TPSA) is 63.9 Å². The summed E-state index contributed by atoms with van der Waals surface area (Å²) in [5.41, 5.74) is 6.32.